The second kappa shape index (κ2) is 5.62. The molecule has 1 fully saturated rings. The number of hydrogen-bond donors (Lipinski definition) is 2. The number of aryl methyl sites for hydroxylation is 1. The van der Waals surface area contributed by atoms with E-state index in [1.165, 1.54) is 12.8 Å². The monoisotopic (exact) mass is 275 g/mol. The number of aromatic nitrogens is 5. The molecule has 0 aromatic carbocycles. The van der Waals surface area contributed by atoms with Gasteiger partial charge in [0.1, 0.15) is 5.69 Å². The highest BCUT2D eigenvalue weighted by atomic mass is 15.4. The lowest BCUT2D eigenvalue weighted by atomic mass is 9.97. The summed E-state index contributed by atoms with van der Waals surface area (Å²) in [5.41, 5.74) is 0.830. The Morgan fingerprint density at radius 2 is 2.20 bits per heavy atom. The molecule has 1 aliphatic rings. The number of aromatic amines is 1. The third-order valence-electron chi connectivity index (χ3n) is 3.81. The van der Waals surface area contributed by atoms with Crippen LogP contribution in [0.4, 0.5) is 5.95 Å². The highest BCUT2D eigenvalue weighted by Gasteiger charge is 2.21. The Kier molecular flexibility index (Phi) is 3.68. The molecule has 7 heteroatoms. The van der Waals surface area contributed by atoms with Gasteiger partial charge in [-0.25, -0.2) is 4.98 Å². The van der Waals surface area contributed by atoms with Crippen molar-refractivity contribution in [2.45, 2.75) is 12.8 Å². The van der Waals surface area contributed by atoms with Crippen LogP contribution < -0.4 is 10.2 Å². The molecule has 3 heterocycles. The molecule has 20 heavy (non-hydrogen) atoms. The van der Waals surface area contributed by atoms with Gasteiger partial charge in [-0.15, -0.1) is 5.10 Å². The van der Waals surface area contributed by atoms with Crippen LogP contribution in [0.3, 0.4) is 0 Å². The van der Waals surface area contributed by atoms with Crippen molar-refractivity contribution < 1.29 is 0 Å². The minimum absolute atomic E-state index is 0.734. The smallest absolute Gasteiger partial charge is 0.245 e. The van der Waals surface area contributed by atoms with E-state index in [4.69, 9.17) is 0 Å². The normalized spacial score (nSPS) is 16.8. The van der Waals surface area contributed by atoms with E-state index < -0.39 is 0 Å². The van der Waals surface area contributed by atoms with Gasteiger partial charge in [0.2, 0.25) is 5.95 Å². The van der Waals surface area contributed by atoms with Gasteiger partial charge in [0.15, 0.2) is 5.82 Å². The molecule has 3 rings (SSSR count). The quantitative estimate of drug-likeness (QED) is 0.856. The molecule has 0 amide bonds. The van der Waals surface area contributed by atoms with E-state index in [9.17, 15) is 0 Å². The van der Waals surface area contributed by atoms with Crippen molar-refractivity contribution in [2.24, 2.45) is 13.0 Å². The molecule has 2 aromatic rings. The molecular formula is C13H21N7. The summed E-state index contributed by atoms with van der Waals surface area (Å²) in [4.78, 5) is 11.1. The fourth-order valence-corrected chi connectivity index (χ4v) is 2.67. The van der Waals surface area contributed by atoms with E-state index in [1.807, 2.05) is 24.9 Å². The van der Waals surface area contributed by atoms with Gasteiger partial charge in [-0.1, -0.05) is 0 Å². The Balaban J connectivity index is 1.66. The molecule has 2 aromatic heterocycles. The van der Waals surface area contributed by atoms with Crippen LogP contribution in [0.1, 0.15) is 12.8 Å². The third kappa shape index (κ3) is 2.67. The molecule has 0 radical (unpaired) electrons. The lowest BCUT2D eigenvalue weighted by molar-refractivity contribution is 0.391. The predicted octanol–water partition coefficient (Wildman–Crippen LogP) is 0.641. The topological polar surface area (TPSA) is 74.7 Å². The van der Waals surface area contributed by atoms with Crippen molar-refractivity contribution in [1.82, 2.24) is 30.0 Å². The molecule has 1 saturated heterocycles. The second-order valence-electron chi connectivity index (χ2n) is 5.40. The number of hydrogen-bond acceptors (Lipinski definition) is 5. The van der Waals surface area contributed by atoms with E-state index >= 15 is 0 Å². The summed E-state index contributed by atoms with van der Waals surface area (Å²) in [5, 5.41) is 10.6. The number of anilines is 1. The first-order valence-corrected chi connectivity index (χ1v) is 7.06. The van der Waals surface area contributed by atoms with Gasteiger partial charge in [-0.2, -0.15) is 4.98 Å². The molecule has 7 nitrogen and oxygen atoms in total. The zero-order valence-electron chi connectivity index (χ0n) is 12.0. The Bertz CT molecular complexity index is 551. The van der Waals surface area contributed by atoms with E-state index in [0.717, 1.165) is 43.0 Å². The van der Waals surface area contributed by atoms with Crippen molar-refractivity contribution in [3.8, 4) is 11.5 Å². The second-order valence-corrected chi connectivity index (χ2v) is 5.40. The first kappa shape index (κ1) is 13.1. The fraction of sp³-hybridized carbons (Fsp3) is 0.615. The summed E-state index contributed by atoms with van der Waals surface area (Å²) in [7, 11) is 3.96. The summed E-state index contributed by atoms with van der Waals surface area (Å²) in [5.74, 6) is 2.29. The molecule has 0 unspecified atom stereocenters. The van der Waals surface area contributed by atoms with E-state index in [2.05, 4.69) is 30.4 Å². The van der Waals surface area contributed by atoms with Crippen molar-refractivity contribution in [3.05, 3.63) is 12.5 Å². The third-order valence-corrected chi connectivity index (χ3v) is 3.81. The number of piperidine rings is 1. The SMILES string of the molecule is CNCC1CCN(c2n[nH]c(-c3cn(C)cn3)n2)CC1. The fourth-order valence-electron chi connectivity index (χ4n) is 2.67. The van der Waals surface area contributed by atoms with Crippen LogP contribution in [0.25, 0.3) is 11.5 Å². The molecule has 0 bridgehead atoms. The minimum Gasteiger partial charge on any atom is -0.340 e. The van der Waals surface area contributed by atoms with E-state index in [0.29, 0.717) is 0 Å². The molecule has 0 saturated carbocycles. The van der Waals surface area contributed by atoms with Gasteiger partial charge in [0.25, 0.3) is 0 Å². The first-order chi connectivity index (χ1) is 9.76. The van der Waals surface area contributed by atoms with Crippen LogP contribution in [-0.4, -0.2) is 51.4 Å². The Morgan fingerprint density at radius 1 is 1.40 bits per heavy atom. The Morgan fingerprint density at radius 3 is 2.85 bits per heavy atom. The summed E-state index contributed by atoms with van der Waals surface area (Å²) < 4.78 is 1.90. The lowest BCUT2D eigenvalue weighted by Gasteiger charge is -2.30. The molecule has 0 atom stereocenters. The van der Waals surface area contributed by atoms with Gasteiger partial charge in [-0.05, 0) is 32.4 Å². The summed E-state index contributed by atoms with van der Waals surface area (Å²) in [6.45, 7) is 3.14. The standard InChI is InChI=1S/C13H21N7/c1-14-7-10-3-5-20(6-4-10)13-16-12(17-18-13)11-8-19(2)9-15-11/h8-10,14H,3-7H2,1-2H3,(H,16,17,18). The average Bonchev–Trinajstić information content (AvgIpc) is 3.09. The van der Waals surface area contributed by atoms with Gasteiger partial charge < -0.3 is 14.8 Å². The lowest BCUT2D eigenvalue weighted by Crippen LogP contribution is -2.37. The van der Waals surface area contributed by atoms with Crippen LogP contribution in [0.15, 0.2) is 12.5 Å². The zero-order valence-corrected chi connectivity index (χ0v) is 12.0. The molecule has 2 N–H and O–H groups in total. The molecule has 1 aliphatic heterocycles. The number of nitrogens with one attached hydrogen (secondary N) is 2. The minimum atomic E-state index is 0.734. The van der Waals surface area contributed by atoms with Crippen molar-refractivity contribution >= 4 is 5.95 Å². The van der Waals surface area contributed by atoms with Gasteiger partial charge in [0.05, 0.1) is 6.33 Å². The zero-order chi connectivity index (χ0) is 13.9. The molecular weight excluding hydrogens is 254 g/mol. The maximum Gasteiger partial charge on any atom is 0.245 e. The predicted molar refractivity (Wildman–Crippen MR) is 77.4 cm³/mol. The highest BCUT2D eigenvalue weighted by molar-refractivity contribution is 5.50. The van der Waals surface area contributed by atoms with Gasteiger partial charge in [0, 0.05) is 26.3 Å². The number of imidazole rings is 1. The van der Waals surface area contributed by atoms with Crippen LogP contribution >= 0.6 is 0 Å². The van der Waals surface area contributed by atoms with Crippen LogP contribution in [0.5, 0.6) is 0 Å². The van der Waals surface area contributed by atoms with Crippen LogP contribution in [0, 0.1) is 5.92 Å². The van der Waals surface area contributed by atoms with Crippen LogP contribution in [-0.2, 0) is 7.05 Å². The Hall–Kier alpha value is -1.89. The number of rotatable bonds is 4. The Labute approximate surface area is 118 Å². The van der Waals surface area contributed by atoms with Gasteiger partial charge >= 0.3 is 0 Å². The summed E-state index contributed by atoms with van der Waals surface area (Å²) in [6, 6.07) is 0. The largest absolute Gasteiger partial charge is 0.340 e. The van der Waals surface area contributed by atoms with E-state index in [1.54, 1.807) is 6.33 Å². The molecule has 0 aliphatic carbocycles. The van der Waals surface area contributed by atoms with E-state index in [-0.39, 0.29) is 0 Å². The van der Waals surface area contributed by atoms with Crippen molar-refractivity contribution in [1.29, 1.82) is 0 Å². The maximum atomic E-state index is 4.56. The number of H-pyrrole nitrogens is 1. The molecule has 0 spiro atoms. The summed E-state index contributed by atoms with van der Waals surface area (Å²) >= 11 is 0. The maximum absolute atomic E-state index is 4.56. The highest BCUT2D eigenvalue weighted by Crippen LogP contribution is 2.21. The van der Waals surface area contributed by atoms with Crippen molar-refractivity contribution in [3.63, 3.8) is 0 Å². The van der Waals surface area contributed by atoms with Gasteiger partial charge in [-0.3, -0.25) is 5.10 Å². The van der Waals surface area contributed by atoms with Crippen LogP contribution in [0.2, 0.25) is 0 Å². The average molecular weight is 275 g/mol. The summed E-state index contributed by atoms with van der Waals surface area (Å²) in [6.07, 6.45) is 6.08. The van der Waals surface area contributed by atoms with Crippen molar-refractivity contribution in [2.75, 3.05) is 31.6 Å². The first-order valence-electron chi connectivity index (χ1n) is 7.06. The number of nitrogens with zero attached hydrogens (tertiary/aromatic N) is 5. The molecule has 108 valence electrons.